The molecule has 0 saturated heterocycles. The summed E-state index contributed by atoms with van der Waals surface area (Å²) in [6.07, 6.45) is 0. The van der Waals surface area contributed by atoms with Crippen molar-refractivity contribution in [2.75, 3.05) is 0 Å². The average Bonchev–Trinajstić information content (AvgIpc) is 2.36. The zero-order chi connectivity index (χ0) is 13.1. The highest BCUT2D eigenvalue weighted by Gasteiger charge is 2.07. The molecule has 0 atom stereocenters. The minimum atomic E-state index is -0.475. The lowest BCUT2D eigenvalue weighted by Gasteiger charge is -2.10. The second-order valence-electron chi connectivity index (χ2n) is 3.56. The van der Waals surface area contributed by atoms with Crippen molar-refractivity contribution in [1.82, 2.24) is 0 Å². The highest BCUT2D eigenvalue weighted by atomic mass is 79.9. The molecule has 0 amide bonds. The Balaban J connectivity index is 2.30. The fourth-order valence-corrected chi connectivity index (χ4v) is 2.21. The molecule has 2 aromatic rings. The fraction of sp³-hybridized carbons (Fsp3) is 0.0769. The Morgan fingerprint density at radius 1 is 1.17 bits per heavy atom. The zero-order valence-corrected chi connectivity index (χ0v) is 12.2. The Morgan fingerprint density at radius 3 is 2.61 bits per heavy atom. The summed E-state index contributed by atoms with van der Waals surface area (Å²) < 4.78 is 19.6. The van der Waals surface area contributed by atoms with Crippen LogP contribution in [0, 0.1) is 5.82 Å². The summed E-state index contributed by atoms with van der Waals surface area (Å²) in [7, 11) is 0. The third-order valence-electron chi connectivity index (χ3n) is 2.29. The first-order chi connectivity index (χ1) is 8.60. The van der Waals surface area contributed by atoms with Crippen molar-refractivity contribution in [3.63, 3.8) is 0 Å². The second-order valence-corrected chi connectivity index (χ2v) is 5.15. The third kappa shape index (κ3) is 3.16. The van der Waals surface area contributed by atoms with Crippen LogP contribution in [0.15, 0.2) is 40.9 Å². The third-order valence-corrected chi connectivity index (χ3v) is 3.36. The van der Waals surface area contributed by atoms with Gasteiger partial charge >= 0.3 is 0 Å². The molecule has 0 aliphatic carbocycles. The Labute approximate surface area is 123 Å². The molecule has 2 rings (SSSR count). The Hall–Kier alpha value is -0.770. The van der Waals surface area contributed by atoms with Crippen LogP contribution in [-0.4, -0.2) is 0 Å². The number of ether oxygens (including phenoxy) is 1. The molecule has 0 aliphatic heterocycles. The van der Waals surface area contributed by atoms with Gasteiger partial charge in [0.25, 0.3) is 0 Å². The van der Waals surface area contributed by atoms with Gasteiger partial charge in [0, 0.05) is 16.1 Å². The van der Waals surface area contributed by atoms with Crippen LogP contribution in [-0.2, 0) is 5.88 Å². The van der Waals surface area contributed by atoms with Gasteiger partial charge in [-0.2, -0.15) is 0 Å². The number of halogens is 4. The SMILES string of the molecule is Fc1ccc(Oc2ccc(Br)cc2CCl)cc1Cl. The lowest BCUT2D eigenvalue weighted by molar-refractivity contribution is 0.476. The summed E-state index contributed by atoms with van der Waals surface area (Å²) in [4.78, 5) is 0. The first kappa shape index (κ1) is 13.7. The number of hydrogen-bond acceptors (Lipinski definition) is 1. The summed E-state index contributed by atoms with van der Waals surface area (Å²) in [5.74, 6) is 0.937. The summed E-state index contributed by atoms with van der Waals surface area (Å²) in [6.45, 7) is 0. The molecule has 0 fully saturated rings. The Kier molecular flexibility index (Phi) is 4.49. The van der Waals surface area contributed by atoms with Crippen LogP contribution in [0.25, 0.3) is 0 Å². The quantitative estimate of drug-likeness (QED) is 0.639. The molecular formula is C13H8BrCl2FO. The summed E-state index contributed by atoms with van der Waals surface area (Å²) in [5, 5.41) is 0.0250. The fourth-order valence-electron chi connectivity index (χ4n) is 1.42. The van der Waals surface area contributed by atoms with Gasteiger partial charge in [-0.05, 0) is 30.3 Å². The maximum Gasteiger partial charge on any atom is 0.142 e. The Bertz CT molecular complexity index is 575. The summed E-state index contributed by atoms with van der Waals surface area (Å²) in [5.41, 5.74) is 0.839. The molecule has 5 heteroatoms. The van der Waals surface area contributed by atoms with E-state index in [9.17, 15) is 4.39 Å². The number of benzene rings is 2. The summed E-state index contributed by atoms with van der Waals surface area (Å²) in [6, 6.07) is 9.71. The van der Waals surface area contributed by atoms with Gasteiger partial charge in [-0.25, -0.2) is 4.39 Å². The molecule has 1 nitrogen and oxygen atoms in total. The van der Waals surface area contributed by atoms with E-state index in [0.717, 1.165) is 10.0 Å². The van der Waals surface area contributed by atoms with E-state index in [2.05, 4.69) is 15.9 Å². The van der Waals surface area contributed by atoms with Gasteiger partial charge in [-0.15, -0.1) is 11.6 Å². The molecule has 0 aliphatic rings. The monoisotopic (exact) mass is 348 g/mol. The van der Waals surface area contributed by atoms with Gasteiger partial charge in [-0.1, -0.05) is 27.5 Å². The molecule has 0 radical (unpaired) electrons. The van der Waals surface area contributed by atoms with Crippen molar-refractivity contribution in [2.24, 2.45) is 0 Å². The zero-order valence-electron chi connectivity index (χ0n) is 9.09. The average molecular weight is 350 g/mol. The molecule has 0 bridgehead atoms. The molecule has 0 unspecified atom stereocenters. The largest absolute Gasteiger partial charge is 0.457 e. The van der Waals surface area contributed by atoms with Crippen LogP contribution >= 0.6 is 39.1 Å². The van der Waals surface area contributed by atoms with E-state index in [4.69, 9.17) is 27.9 Å². The molecule has 94 valence electrons. The van der Waals surface area contributed by atoms with Crippen molar-refractivity contribution in [1.29, 1.82) is 0 Å². The molecule has 0 aromatic heterocycles. The predicted molar refractivity (Wildman–Crippen MR) is 75.2 cm³/mol. The smallest absolute Gasteiger partial charge is 0.142 e. The van der Waals surface area contributed by atoms with Crippen molar-refractivity contribution < 1.29 is 9.13 Å². The van der Waals surface area contributed by atoms with Gasteiger partial charge in [0.15, 0.2) is 0 Å². The summed E-state index contributed by atoms with van der Waals surface area (Å²) >= 11 is 14.9. The topological polar surface area (TPSA) is 9.23 Å². The molecular weight excluding hydrogens is 342 g/mol. The maximum atomic E-state index is 13.0. The van der Waals surface area contributed by atoms with Crippen molar-refractivity contribution >= 4 is 39.1 Å². The van der Waals surface area contributed by atoms with Crippen LogP contribution < -0.4 is 4.74 Å². The molecule has 0 spiro atoms. The molecule has 0 N–H and O–H groups in total. The van der Waals surface area contributed by atoms with Crippen LogP contribution in [0.4, 0.5) is 4.39 Å². The van der Waals surface area contributed by atoms with Gasteiger partial charge in [0.05, 0.1) is 10.9 Å². The van der Waals surface area contributed by atoms with E-state index in [1.54, 1.807) is 6.07 Å². The number of rotatable bonds is 3. The highest BCUT2D eigenvalue weighted by molar-refractivity contribution is 9.10. The minimum Gasteiger partial charge on any atom is -0.457 e. The first-order valence-corrected chi connectivity index (χ1v) is 6.78. The minimum absolute atomic E-state index is 0.0250. The van der Waals surface area contributed by atoms with E-state index < -0.39 is 5.82 Å². The van der Waals surface area contributed by atoms with Crippen molar-refractivity contribution in [3.05, 3.63) is 57.3 Å². The van der Waals surface area contributed by atoms with Gasteiger partial charge < -0.3 is 4.74 Å². The molecule has 0 saturated carbocycles. The number of hydrogen-bond donors (Lipinski definition) is 0. The lowest BCUT2D eigenvalue weighted by Crippen LogP contribution is -1.90. The van der Waals surface area contributed by atoms with Crippen LogP contribution in [0.1, 0.15) is 5.56 Å². The van der Waals surface area contributed by atoms with Crippen molar-refractivity contribution in [2.45, 2.75) is 5.88 Å². The second kappa shape index (κ2) is 5.91. The molecule has 18 heavy (non-hydrogen) atoms. The lowest BCUT2D eigenvalue weighted by atomic mass is 10.2. The van der Waals surface area contributed by atoms with E-state index in [-0.39, 0.29) is 5.02 Å². The van der Waals surface area contributed by atoms with Gasteiger partial charge in [0.2, 0.25) is 0 Å². The van der Waals surface area contributed by atoms with Crippen LogP contribution in [0.5, 0.6) is 11.5 Å². The standard InChI is InChI=1S/C13H8BrCl2FO/c14-9-1-4-13(8(5-9)7-15)18-10-2-3-12(17)11(16)6-10/h1-6H,7H2. The van der Waals surface area contributed by atoms with Gasteiger partial charge in [-0.3, -0.25) is 0 Å². The van der Waals surface area contributed by atoms with Crippen LogP contribution in [0.2, 0.25) is 5.02 Å². The normalized spacial score (nSPS) is 10.4. The Morgan fingerprint density at radius 2 is 1.94 bits per heavy atom. The van der Waals surface area contributed by atoms with Gasteiger partial charge in [0.1, 0.15) is 17.3 Å². The predicted octanol–water partition coefficient (Wildman–Crippen LogP) is 5.77. The van der Waals surface area contributed by atoms with Crippen molar-refractivity contribution in [3.8, 4) is 11.5 Å². The highest BCUT2D eigenvalue weighted by Crippen LogP contribution is 2.31. The maximum absolute atomic E-state index is 13.0. The van der Waals surface area contributed by atoms with Crippen LogP contribution in [0.3, 0.4) is 0 Å². The van der Waals surface area contributed by atoms with E-state index in [0.29, 0.717) is 17.4 Å². The molecule has 2 aromatic carbocycles. The molecule has 0 heterocycles. The van der Waals surface area contributed by atoms with E-state index in [1.165, 1.54) is 18.2 Å². The number of alkyl halides is 1. The van der Waals surface area contributed by atoms with E-state index in [1.807, 2.05) is 12.1 Å². The first-order valence-electron chi connectivity index (χ1n) is 5.07. The van der Waals surface area contributed by atoms with E-state index >= 15 is 0 Å².